The second kappa shape index (κ2) is 7.48. The average molecular weight is 439 g/mol. The number of aliphatic hydroxyl groups is 1. The lowest BCUT2D eigenvalue weighted by Crippen LogP contribution is -2.64. The molecule has 0 spiro atoms. The number of carbonyl (C=O) groups is 4. The highest BCUT2D eigenvalue weighted by atomic mass is 16.3. The number of allylic oxidation sites excluding steroid dienone is 1. The lowest BCUT2D eigenvalue weighted by Gasteiger charge is -2.48. The van der Waals surface area contributed by atoms with Crippen LogP contribution in [0.2, 0.25) is 0 Å². The van der Waals surface area contributed by atoms with Crippen molar-refractivity contribution in [3.05, 3.63) is 39.5 Å². The predicted molar refractivity (Wildman–Crippen MR) is 118 cm³/mol. The third-order valence-electron chi connectivity index (χ3n) is 7.73. The van der Waals surface area contributed by atoms with Crippen LogP contribution in [0.4, 0.5) is 0 Å². The van der Waals surface area contributed by atoms with E-state index in [1.54, 1.807) is 6.92 Å². The van der Waals surface area contributed by atoms with Crippen molar-refractivity contribution >= 4 is 23.1 Å². The number of hydrogen-bond acceptors (Lipinski definition) is 6. The molecule has 0 heterocycles. The molecule has 0 saturated heterocycles. The van der Waals surface area contributed by atoms with Crippen LogP contribution in [0.25, 0.3) is 0 Å². The summed E-state index contributed by atoms with van der Waals surface area (Å²) in [6.07, 6.45) is 1.57. The summed E-state index contributed by atoms with van der Waals surface area (Å²) in [6, 6.07) is 1.95. The van der Waals surface area contributed by atoms with E-state index >= 15 is 0 Å². The standard InChI is InChI=1S/C26H30O6/c1-6-14-9-17(11(2)3)18-10-15-8-16-7-12(4)19(13(5)27)24(30)26(16,32)25(31)20(15)23(29)21(18)22(14)28/h9,11,15-16,20,28,32H,6-8,10H2,1-5H3/t15-,16-,20?,26-/m1/s1. The molecule has 32 heavy (non-hydrogen) atoms. The molecular formula is C26H30O6. The summed E-state index contributed by atoms with van der Waals surface area (Å²) in [5.74, 6) is -4.88. The van der Waals surface area contributed by atoms with Gasteiger partial charge >= 0.3 is 0 Å². The van der Waals surface area contributed by atoms with Gasteiger partial charge in [-0.05, 0) is 68.1 Å². The fourth-order valence-corrected chi connectivity index (χ4v) is 6.18. The molecule has 0 radical (unpaired) electrons. The van der Waals surface area contributed by atoms with Gasteiger partial charge in [-0.15, -0.1) is 0 Å². The van der Waals surface area contributed by atoms with Gasteiger partial charge in [0, 0.05) is 5.92 Å². The van der Waals surface area contributed by atoms with Gasteiger partial charge in [-0.1, -0.05) is 32.4 Å². The van der Waals surface area contributed by atoms with Gasteiger partial charge in [-0.3, -0.25) is 19.2 Å². The molecule has 4 atom stereocenters. The van der Waals surface area contributed by atoms with Gasteiger partial charge in [0.05, 0.1) is 17.1 Å². The Bertz CT molecular complexity index is 1110. The van der Waals surface area contributed by atoms with Crippen LogP contribution >= 0.6 is 0 Å². The first-order valence-corrected chi connectivity index (χ1v) is 11.4. The van der Waals surface area contributed by atoms with Crippen LogP contribution < -0.4 is 0 Å². The second-order valence-corrected chi connectivity index (χ2v) is 9.95. The molecule has 6 heteroatoms. The molecular weight excluding hydrogens is 408 g/mol. The van der Waals surface area contributed by atoms with Crippen LogP contribution in [-0.2, 0) is 27.2 Å². The van der Waals surface area contributed by atoms with Crippen LogP contribution in [-0.4, -0.2) is 38.9 Å². The van der Waals surface area contributed by atoms with Gasteiger partial charge in [0.15, 0.2) is 23.0 Å². The van der Waals surface area contributed by atoms with Crippen molar-refractivity contribution in [2.45, 2.75) is 71.8 Å². The molecule has 2 N–H and O–H groups in total. The molecule has 0 amide bonds. The van der Waals surface area contributed by atoms with Crippen LogP contribution in [0.15, 0.2) is 17.2 Å². The van der Waals surface area contributed by atoms with Crippen molar-refractivity contribution in [2.24, 2.45) is 17.8 Å². The number of rotatable bonds is 3. The quantitative estimate of drug-likeness (QED) is 0.554. The highest BCUT2D eigenvalue weighted by molar-refractivity contribution is 6.32. The van der Waals surface area contributed by atoms with Crippen molar-refractivity contribution in [3.63, 3.8) is 0 Å². The lowest BCUT2D eigenvalue weighted by molar-refractivity contribution is -0.165. The van der Waals surface area contributed by atoms with E-state index in [0.717, 1.165) is 11.1 Å². The third-order valence-corrected chi connectivity index (χ3v) is 7.73. The van der Waals surface area contributed by atoms with Gasteiger partial charge in [-0.25, -0.2) is 0 Å². The van der Waals surface area contributed by atoms with E-state index in [1.165, 1.54) is 6.92 Å². The van der Waals surface area contributed by atoms with E-state index in [-0.39, 0.29) is 35.1 Å². The lowest BCUT2D eigenvalue weighted by atomic mass is 9.54. The number of hydrogen-bond donors (Lipinski definition) is 2. The highest BCUT2D eigenvalue weighted by Gasteiger charge is 2.63. The van der Waals surface area contributed by atoms with E-state index < -0.39 is 40.6 Å². The van der Waals surface area contributed by atoms with Crippen molar-refractivity contribution in [1.29, 1.82) is 0 Å². The van der Waals surface area contributed by atoms with E-state index in [2.05, 4.69) is 0 Å². The SMILES string of the molecule is CCc1cc(C(C)C)c2c(c1O)C(=O)C1C(=O)[C@]3(O)C(=O)C(C(C)=O)=C(C)C[C@@H]3C[C@@H]1C2. The Morgan fingerprint density at radius 2 is 1.88 bits per heavy atom. The summed E-state index contributed by atoms with van der Waals surface area (Å²) >= 11 is 0. The average Bonchev–Trinajstić information content (AvgIpc) is 2.70. The molecule has 0 aliphatic heterocycles. The highest BCUT2D eigenvalue weighted by Crippen LogP contribution is 2.51. The Morgan fingerprint density at radius 3 is 2.44 bits per heavy atom. The Balaban J connectivity index is 1.87. The van der Waals surface area contributed by atoms with Gasteiger partial charge in [0.2, 0.25) is 5.78 Å². The number of Topliss-reactive ketones (excluding diaryl/α,β-unsaturated/α-hetero) is 4. The van der Waals surface area contributed by atoms with Crippen molar-refractivity contribution in [1.82, 2.24) is 0 Å². The number of fused-ring (bicyclic) bond motifs is 3. The maximum Gasteiger partial charge on any atom is 0.205 e. The van der Waals surface area contributed by atoms with Crippen molar-refractivity contribution in [3.8, 4) is 5.75 Å². The van der Waals surface area contributed by atoms with E-state index in [1.807, 2.05) is 26.8 Å². The summed E-state index contributed by atoms with van der Waals surface area (Å²) in [4.78, 5) is 52.5. The van der Waals surface area contributed by atoms with Crippen LogP contribution in [0.1, 0.15) is 80.4 Å². The first kappa shape index (κ1) is 22.6. The number of carbonyl (C=O) groups excluding carboxylic acids is 4. The normalized spacial score (nSPS) is 29.7. The maximum absolute atomic E-state index is 13.6. The van der Waals surface area contributed by atoms with E-state index in [0.29, 0.717) is 30.4 Å². The minimum absolute atomic E-state index is 0.104. The number of phenolic OH excluding ortho intramolecular Hbond substituents is 1. The summed E-state index contributed by atoms with van der Waals surface area (Å²) in [5, 5.41) is 22.3. The number of ketones is 4. The first-order chi connectivity index (χ1) is 14.9. The smallest absolute Gasteiger partial charge is 0.205 e. The number of benzene rings is 1. The summed E-state index contributed by atoms with van der Waals surface area (Å²) in [7, 11) is 0. The summed E-state index contributed by atoms with van der Waals surface area (Å²) in [5.41, 5.74) is 0.656. The zero-order chi connectivity index (χ0) is 23.7. The molecule has 3 aliphatic rings. The largest absolute Gasteiger partial charge is 0.507 e. The van der Waals surface area contributed by atoms with Gasteiger partial charge in [0.25, 0.3) is 0 Å². The van der Waals surface area contributed by atoms with E-state index in [4.69, 9.17) is 0 Å². The van der Waals surface area contributed by atoms with Gasteiger partial charge < -0.3 is 10.2 Å². The Kier molecular flexibility index (Phi) is 5.28. The topological polar surface area (TPSA) is 109 Å². The predicted octanol–water partition coefficient (Wildman–Crippen LogP) is 3.25. The molecule has 1 saturated carbocycles. The monoisotopic (exact) mass is 438 g/mol. The second-order valence-electron chi connectivity index (χ2n) is 9.95. The fraction of sp³-hybridized carbons (Fsp3) is 0.538. The molecule has 1 aromatic carbocycles. The number of aryl methyl sites for hydroxylation is 1. The third kappa shape index (κ3) is 2.88. The molecule has 6 nitrogen and oxygen atoms in total. The van der Waals surface area contributed by atoms with Crippen molar-refractivity contribution in [2.75, 3.05) is 0 Å². The zero-order valence-electron chi connectivity index (χ0n) is 19.2. The van der Waals surface area contributed by atoms with Crippen LogP contribution in [0.5, 0.6) is 5.75 Å². The van der Waals surface area contributed by atoms with Crippen LogP contribution in [0.3, 0.4) is 0 Å². The zero-order valence-corrected chi connectivity index (χ0v) is 19.2. The van der Waals surface area contributed by atoms with E-state index in [9.17, 15) is 29.4 Å². The minimum atomic E-state index is -2.37. The molecule has 170 valence electrons. The minimum Gasteiger partial charge on any atom is -0.507 e. The summed E-state index contributed by atoms with van der Waals surface area (Å²) < 4.78 is 0. The first-order valence-electron chi connectivity index (χ1n) is 11.4. The Hall–Kier alpha value is -2.60. The molecule has 1 fully saturated rings. The molecule has 4 rings (SSSR count). The molecule has 0 bridgehead atoms. The molecule has 1 unspecified atom stereocenters. The summed E-state index contributed by atoms with van der Waals surface area (Å²) in [6.45, 7) is 8.89. The molecule has 1 aromatic rings. The number of phenols is 1. The molecule has 0 aromatic heterocycles. The van der Waals surface area contributed by atoms with Crippen LogP contribution in [0, 0.1) is 17.8 Å². The van der Waals surface area contributed by atoms with Gasteiger partial charge in [0.1, 0.15) is 5.75 Å². The maximum atomic E-state index is 13.6. The van der Waals surface area contributed by atoms with Gasteiger partial charge in [-0.2, -0.15) is 0 Å². The fourth-order valence-electron chi connectivity index (χ4n) is 6.18. The molecule has 3 aliphatic carbocycles. The number of aromatic hydroxyl groups is 1. The Labute approximate surface area is 187 Å². The van der Waals surface area contributed by atoms with Crippen molar-refractivity contribution < 1.29 is 29.4 Å². The Morgan fingerprint density at radius 1 is 1.22 bits per heavy atom.